The number of amides is 2. The van der Waals surface area contributed by atoms with Crippen molar-refractivity contribution in [2.75, 3.05) is 0 Å². The van der Waals surface area contributed by atoms with E-state index in [-0.39, 0.29) is 10.7 Å². The number of nitrogens with one attached hydrogen (secondary N) is 1. The van der Waals surface area contributed by atoms with E-state index in [1.807, 2.05) is 0 Å². The molecule has 0 radical (unpaired) electrons. The van der Waals surface area contributed by atoms with Crippen LogP contribution in [0.15, 0.2) is 39.7 Å². The fraction of sp³-hybridized carbons (Fsp3) is 0. The van der Waals surface area contributed by atoms with E-state index in [0.717, 1.165) is 16.2 Å². The second-order valence-electron chi connectivity index (χ2n) is 3.22. The summed E-state index contributed by atoms with van der Waals surface area (Å²) < 4.78 is 0.866. The average molecular weight is 312 g/mol. The number of ketones is 1. The molecule has 1 heterocycles. The van der Waals surface area contributed by atoms with Crippen molar-refractivity contribution in [2.45, 2.75) is 0 Å². The summed E-state index contributed by atoms with van der Waals surface area (Å²) >= 11 is 3.99. The Morgan fingerprint density at radius 1 is 1.24 bits per heavy atom. The number of thioether (sulfide) groups is 1. The topological polar surface area (TPSA) is 63.2 Å². The van der Waals surface area contributed by atoms with Gasteiger partial charge >= 0.3 is 0 Å². The van der Waals surface area contributed by atoms with Crippen LogP contribution in [0.25, 0.3) is 0 Å². The number of carbonyl (C=O) groups excluding carboxylic acids is 3. The second-order valence-corrected chi connectivity index (χ2v) is 5.15. The summed E-state index contributed by atoms with van der Waals surface area (Å²) in [5.41, 5.74) is 0.466. The van der Waals surface area contributed by atoms with Gasteiger partial charge in [0.2, 0.25) is 0 Å². The first kappa shape index (κ1) is 12.1. The van der Waals surface area contributed by atoms with Crippen molar-refractivity contribution in [1.82, 2.24) is 5.32 Å². The second kappa shape index (κ2) is 4.85. The van der Waals surface area contributed by atoms with Crippen molar-refractivity contribution in [3.05, 3.63) is 45.3 Å². The van der Waals surface area contributed by atoms with Crippen LogP contribution < -0.4 is 5.32 Å². The lowest BCUT2D eigenvalue weighted by Gasteiger charge is -1.96. The number of hydrogen-bond acceptors (Lipinski definition) is 4. The highest BCUT2D eigenvalue weighted by Gasteiger charge is 2.25. The van der Waals surface area contributed by atoms with Gasteiger partial charge in [-0.05, 0) is 36.0 Å². The quantitative estimate of drug-likeness (QED) is 0.673. The summed E-state index contributed by atoms with van der Waals surface area (Å²) in [6.45, 7) is 0. The maximum absolute atomic E-state index is 11.8. The van der Waals surface area contributed by atoms with E-state index in [0.29, 0.717) is 5.56 Å². The zero-order valence-electron chi connectivity index (χ0n) is 8.40. The largest absolute Gasteiger partial charge is 0.290 e. The number of benzene rings is 1. The molecular formula is C11H6BrNO3S. The molecule has 0 atom stereocenters. The van der Waals surface area contributed by atoms with Gasteiger partial charge in [-0.3, -0.25) is 19.7 Å². The smallest absolute Gasteiger partial charge is 0.289 e. The molecule has 1 saturated heterocycles. The SMILES string of the molecule is O=C1NC(=O)/C(=C/C(=O)c2ccc(Br)cc2)S1. The van der Waals surface area contributed by atoms with Crippen LogP contribution >= 0.6 is 27.7 Å². The fourth-order valence-corrected chi connectivity index (χ4v) is 2.16. The van der Waals surface area contributed by atoms with Crippen LogP contribution in [0, 0.1) is 0 Å². The molecule has 0 bridgehead atoms. The maximum Gasteiger partial charge on any atom is 0.290 e. The van der Waals surface area contributed by atoms with Crippen LogP contribution in [-0.4, -0.2) is 16.9 Å². The lowest BCUT2D eigenvalue weighted by atomic mass is 10.1. The lowest BCUT2D eigenvalue weighted by Crippen LogP contribution is -2.18. The minimum absolute atomic E-state index is 0.128. The number of rotatable bonds is 2. The highest BCUT2D eigenvalue weighted by atomic mass is 79.9. The molecule has 0 aromatic heterocycles. The van der Waals surface area contributed by atoms with Gasteiger partial charge < -0.3 is 0 Å². The molecule has 1 aliphatic rings. The number of allylic oxidation sites excluding steroid dienone is 1. The molecule has 0 unspecified atom stereocenters. The molecule has 1 aromatic carbocycles. The minimum atomic E-state index is -0.523. The van der Waals surface area contributed by atoms with Crippen molar-refractivity contribution in [3.63, 3.8) is 0 Å². The predicted molar refractivity (Wildman–Crippen MR) is 67.7 cm³/mol. The average Bonchev–Trinajstić information content (AvgIpc) is 2.58. The number of imide groups is 1. The number of carbonyl (C=O) groups is 3. The Morgan fingerprint density at radius 3 is 2.41 bits per heavy atom. The third-order valence-corrected chi connectivity index (χ3v) is 3.37. The van der Waals surface area contributed by atoms with Gasteiger partial charge in [-0.25, -0.2) is 0 Å². The van der Waals surface area contributed by atoms with Crippen molar-refractivity contribution in [1.29, 1.82) is 0 Å². The minimum Gasteiger partial charge on any atom is -0.289 e. The van der Waals surface area contributed by atoms with E-state index in [9.17, 15) is 14.4 Å². The Labute approximate surface area is 110 Å². The third kappa shape index (κ3) is 2.83. The van der Waals surface area contributed by atoms with Gasteiger partial charge in [-0.15, -0.1) is 0 Å². The zero-order chi connectivity index (χ0) is 12.4. The molecule has 0 spiro atoms. The molecule has 2 amide bonds. The van der Waals surface area contributed by atoms with E-state index in [2.05, 4.69) is 21.2 Å². The summed E-state index contributed by atoms with van der Waals surface area (Å²) in [4.78, 5) is 34.0. The fourth-order valence-electron chi connectivity index (χ4n) is 1.24. The monoisotopic (exact) mass is 311 g/mol. The van der Waals surface area contributed by atoms with E-state index >= 15 is 0 Å². The Kier molecular flexibility index (Phi) is 3.44. The van der Waals surface area contributed by atoms with Crippen molar-refractivity contribution in [2.24, 2.45) is 0 Å². The highest BCUT2D eigenvalue weighted by molar-refractivity contribution is 9.10. The standard InChI is InChI=1S/C11H6BrNO3S/c12-7-3-1-6(2-4-7)8(14)5-9-10(15)13-11(16)17-9/h1-5H,(H,13,15,16)/b9-5-. The molecule has 6 heteroatoms. The van der Waals surface area contributed by atoms with Crippen LogP contribution in [0.2, 0.25) is 0 Å². The number of halogens is 1. The summed E-state index contributed by atoms with van der Waals surface area (Å²) in [6.07, 6.45) is 1.17. The van der Waals surface area contributed by atoms with Crippen LogP contribution in [0.1, 0.15) is 10.4 Å². The van der Waals surface area contributed by atoms with Gasteiger partial charge in [0.1, 0.15) is 0 Å². The molecule has 0 aliphatic carbocycles. The van der Waals surface area contributed by atoms with Gasteiger partial charge in [-0.2, -0.15) is 0 Å². The molecule has 17 heavy (non-hydrogen) atoms. The molecule has 4 nitrogen and oxygen atoms in total. The van der Waals surface area contributed by atoms with Crippen molar-refractivity contribution < 1.29 is 14.4 Å². The van der Waals surface area contributed by atoms with Gasteiger partial charge in [0.25, 0.3) is 11.1 Å². The molecular weight excluding hydrogens is 306 g/mol. The number of hydrogen-bond donors (Lipinski definition) is 1. The van der Waals surface area contributed by atoms with E-state index in [1.54, 1.807) is 24.3 Å². The Balaban J connectivity index is 2.22. The first-order chi connectivity index (χ1) is 8.06. The van der Waals surface area contributed by atoms with E-state index in [4.69, 9.17) is 0 Å². The Hall–Kier alpha value is -1.40. The lowest BCUT2D eigenvalue weighted by molar-refractivity contribution is -0.115. The third-order valence-electron chi connectivity index (χ3n) is 2.03. The first-order valence-corrected chi connectivity index (χ1v) is 6.22. The van der Waals surface area contributed by atoms with Crippen molar-refractivity contribution in [3.8, 4) is 0 Å². The Morgan fingerprint density at radius 2 is 1.88 bits per heavy atom. The molecule has 2 rings (SSSR count). The van der Waals surface area contributed by atoms with E-state index < -0.39 is 11.1 Å². The predicted octanol–water partition coefficient (Wildman–Crippen LogP) is 2.50. The van der Waals surface area contributed by atoms with Gasteiger partial charge in [-0.1, -0.05) is 15.9 Å². The highest BCUT2D eigenvalue weighted by Crippen LogP contribution is 2.23. The first-order valence-electron chi connectivity index (χ1n) is 4.61. The summed E-state index contributed by atoms with van der Waals surface area (Å²) in [7, 11) is 0. The van der Waals surface area contributed by atoms with Gasteiger partial charge in [0.05, 0.1) is 4.91 Å². The summed E-state index contributed by atoms with van der Waals surface area (Å²) in [6, 6.07) is 6.75. The van der Waals surface area contributed by atoms with Crippen LogP contribution in [0.5, 0.6) is 0 Å². The molecule has 86 valence electrons. The molecule has 1 aromatic rings. The zero-order valence-corrected chi connectivity index (χ0v) is 10.8. The summed E-state index contributed by atoms with van der Waals surface area (Å²) in [5.74, 6) is -0.824. The normalized spacial score (nSPS) is 17.4. The van der Waals surface area contributed by atoms with Gasteiger partial charge in [0.15, 0.2) is 5.78 Å². The molecule has 1 N–H and O–H groups in total. The maximum atomic E-state index is 11.8. The van der Waals surface area contributed by atoms with Crippen molar-refractivity contribution >= 4 is 44.6 Å². The van der Waals surface area contributed by atoms with Crippen LogP contribution in [-0.2, 0) is 4.79 Å². The van der Waals surface area contributed by atoms with Crippen LogP contribution in [0.4, 0.5) is 4.79 Å². The Bertz CT molecular complexity index is 536. The van der Waals surface area contributed by atoms with Gasteiger partial charge in [0, 0.05) is 16.1 Å². The molecule has 1 aliphatic heterocycles. The molecule has 1 fully saturated rings. The van der Waals surface area contributed by atoms with Crippen LogP contribution in [0.3, 0.4) is 0 Å². The summed E-state index contributed by atoms with van der Waals surface area (Å²) in [5, 5.41) is 1.64. The van der Waals surface area contributed by atoms with E-state index in [1.165, 1.54) is 6.08 Å². The molecule has 0 saturated carbocycles.